The van der Waals surface area contributed by atoms with Gasteiger partial charge in [-0.1, -0.05) is 52.0 Å². The molecule has 2 aromatic rings. The van der Waals surface area contributed by atoms with Crippen molar-refractivity contribution in [1.82, 2.24) is 0 Å². The van der Waals surface area contributed by atoms with Crippen LogP contribution >= 0.6 is 11.8 Å². The summed E-state index contributed by atoms with van der Waals surface area (Å²) < 4.78 is 81.3. The van der Waals surface area contributed by atoms with Gasteiger partial charge in [0.05, 0.1) is 6.61 Å². The Hall–Kier alpha value is -2.53. The van der Waals surface area contributed by atoms with E-state index in [9.17, 15) is 26.7 Å². The third kappa shape index (κ3) is 10.5. The Morgan fingerprint density at radius 3 is 2.02 bits per heavy atom. The molecule has 3 atom stereocenters. The molecule has 4 nitrogen and oxygen atoms in total. The van der Waals surface area contributed by atoms with Crippen molar-refractivity contribution in [2.24, 2.45) is 11.3 Å². The van der Waals surface area contributed by atoms with Gasteiger partial charge in [0.1, 0.15) is 17.6 Å². The van der Waals surface area contributed by atoms with E-state index in [2.05, 4.69) is 77.2 Å². The molecule has 11 heteroatoms. The van der Waals surface area contributed by atoms with E-state index in [0.29, 0.717) is 18.3 Å². The number of ether oxygens (including phenoxy) is 2. The van der Waals surface area contributed by atoms with Gasteiger partial charge in [0.2, 0.25) is 8.32 Å². The second-order valence-corrected chi connectivity index (χ2v) is 21.9. The summed E-state index contributed by atoms with van der Waals surface area (Å²) in [6.07, 6.45) is -0.790. The number of fused-ring (bicyclic) bond motifs is 1. The lowest BCUT2D eigenvalue weighted by Gasteiger charge is -2.42. The van der Waals surface area contributed by atoms with Crippen molar-refractivity contribution in [3.05, 3.63) is 59.7 Å². The molecule has 51 heavy (non-hydrogen) atoms. The van der Waals surface area contributed by atoms with Crippen LogP contribution in [0.2, 0.25) is 18.1 Å². The van der Waals surface area contributed by atoms with Crippen LogP contribution in [-0.2, 0) is 9.53 Å². The highest BCUT2D eigenvalue weighted by atomic mass is 32.2. The number of esters is 1. The molecule has 0 saturated heterocycles. The Balaban J connectivity index is 1.38. The molecular weight excluding hydrogens is 700 g/mol. The van der Waals surface area contributed by atoms with Crippen LogP contribution in [0.25, 0.3) is 11.1 Å². The summed E-state index contributed by atoms with van der Waals surface area (Å²) in [7, 11) is -1.97. The van der Waals surface area contributed by atoms with E-state index in [0.717, 1.165) is 62.0 Å². The maximum atomic E-state index is 13.0. The first-order chi connectivity index (χ1) is 23.7. The number of benzene rings is 2. The van der Waals surface area contributed by atoms with Crippen molar-refractivity contribution < 1.29 is 40.6 Å². The molecule has 4 rings (SSSR count). The fourth-order valence-corrected chi connectivity index (χ4v) is 8.92. The van der Waals surface area contributed by atoms with Crippen molar-refractivity contribution in [3.8, 4) is 11.5 Å². The van der Waals surface area contributed by atoms with Crippen molar-refractivity contribution >= 4 is 37.2 Å². The summed E-state index contributed by atoms with van der Waals surface area (Å²) in [5.41, 5.74) is 4.73. The van der Waals surface area contributed by atoms with Crippen LogP contribution in [0.5, 0.6) is 11.5 Å². The molecule has 1 saturated carbocycles. The number of halogens is 5. The molecule has 0 aromatic heterocycles. The number of thioether (sulfide) groups is 1. The molecule has 0 bridgehead atoms. The lowest BCUT2D eigenvalue weighted by atomic mass is 9.64. The van der Waals surface area contributed by atoms with Gasteiger partial charge in [-0.25, -0.2) is 0 Å². The molecule has 0 N–H and O–H groups in total. The highest BCUT2D eigenvalue weighted by molar-refractivity contribution is 7.99. The van der Waals surface area contributed by atoms with Crippen molar-refractivity contribution in [3.63, 3.8) is 0 Å². The summed E-state index contributed by atoms with van der Waals surface area (Å²) in [5, 5.41) is 0.102. The van der Waals surface area contributed by atoms with Crippen LogP contribution in [-0.4, -0.2) is 50.6 Å². The van der Waals surface area contributed by atoms with Gasteiger partial charge in [-0.3, -0.25) is 4.79 Å². The monoisotopic (exact) mass is 754 g/mol. The van der Waals surface area contributed by atoms with Gasteiger partial charge < -0.3 is 13.9 Å². The number of unbranched alkanes of at least 4 members (excludes halogenated alkanes) is 2. The van der Waals surface area contributed by atoms with E-state index in [1.807, 2.05) is 12.1 Å². The van der Waals surface area contributed by atoms with Crippen LogP contribution in [0.3, 0.4) is 0 Å². The normalized spacial score (nSPS) is 21.4. The van der Waals surface area contributed by atoms with E-state index in [-0.39, 0.29) is 34.7 Å². The lowest BCUT2D eigenvalue weighted by molar-refractivity contribution is -0.284. The summed E-state index contributed by atoms with van der Waals surface area (Å²) in [6, 6.07) is 16.8. The van der Waals surface area contributed by atoms with Gasteiger partial charge in [-0.2, -0.15) is 33.7 Å². The number of hydrogen-bond donors (Lipinski definition) is 0. The Morgan fingerprint density at radius 1 is 0.843 bits per heavy atom. The molecule has 2 aromatic carbocycles. The van der Waals surface area contributed by atoms with Gasteiger partial charge in [-0.15, -0.1) is 0 Å². The lowest BCUT2D eigenvalue weighted by Crippen LogP contribution is -2.43. The number of rotatable bonds is 16. The van der Waals surface area contributed by atoms with Crippen molar-refractivity contribution in [2.45, 2.75) is 129 Å². The predicted molar refractivity (Wildman–Crippen MR) is 200 cm³/mol. The quantitative estimate of drug-likeness (QED) is 0.0739. The number of carbonyl (C=O) groups is 1. The van der Waals surface area contributed by atoms with Crippen LogP contribution in [0.4, 0.5) is 22.0 Å². The molecule has 0 radical (unpaired) electrons. The van der Waals surface area contributed by atoms with E-state index in [1.54, 1.807) is 0 Å². The first-order valence-electron chi connectivity index (χ1n) is 18.2. The van der Waals surface area contributed by atoms with Gasteiger partial charge in [0, 0.05) is 18.8 Å². The molecule has 2 aliphatic rings. The summed E-state index contributed by atoms with van der Waals surface area (Å²) in [4.78, 5) is 12.0. The number of hydrogen-bond acceptors (Lipinski definition) is 5. The Kier molecular flexibility index (Phi) is 13.5. The predicted octanol–water partition coefficient (Wildman–Crippen LogP) is 12.4. The minimum Gasteiger partial charge on any atom is -0.544 e. The third-order valence-electron chi connectivity index (χ3n) is 11.1. The first-order valence-corrected chi connectivity index (χ1v) is 22.2. The zero-order valence-corrected chi connectivity index (χ0v) is 33.0. The molecule has 0 heterocycles. The average Bonchev–Trinajstić information content (AvgIpc) is 3.34. The second kappa shape index (κ2) is 16.6. The Labute approximate surface area is 306 Å². The van der Waals surface area contributed by atoms with Gasteiger partial charge in [0.15, 0.2) is 0 Å². The summed E-state index contributed by atoms with van der Waals surface area (Å²) in [5.74, 6) is -1.77. The molecular formula is C40H55F5O4SSi. The Morgan fingerprint density at radius 2 is 1.43 bits per heavy atom. The van der Waals surface area contributed by atoms with Crippen LogP contribution in [0, 0.1) is 11.3 Å². The van der Waals surface area contributed by atoms with E-state index in [4.69, 9.17) is 13.9 Å². The molecule has 0 amide bonds. The standard InChI is InChI=1S/C40H55F5O4SSi/c1-28(46)48-36-21-16-31-26-34(29-14-19-33(20-15-29)49-51(6,7)37(2,3)4)35(27-38(31,36)5)30-12-17-32(18-13-30)47-23-9-8-10-24-50-25-11-22-39(41,42)40(43,44)45/h12-15,17-20,31,36H,8-11,16,21-27H2,1-7H3/t31-,36-,38-/m0/s1. The highest BCUT2D eigenvalue weighted by Crippen LogP contribution is 2.58. The highest BCUT2D eigenvalue weighted by Gasteiger charge is 2.56. The smallest absolute Gasteiger partial charge is 0.453 e. The molecule has 0 aliphatic heterocycles. The van der Waals surface area contributed by atoms with Crippen LogP contribution < -0.4 is 9.16 Å². The number of alkyl halides is 5. The fraction of sp³-hybridized carbons (Fsp3) is 0.625. The van der Waals surface area contributed by atoms with E-state index >= 15 is 0 Å². The zero-order chi connectivity index (χ0) is 37.7. The van der Waals surface area contributed by atoms with Gasteiger partial charge in [-0.05, 0) is 133 Å². The minimum atomic E-state index is -5.48. The molecule has 0 spiro atoms. The third-order valence-corrected chi connectivity index (χ3v) is 16.6. The molecule has 2 aliphatic carbocycles. The molecule has 0 unspecified atom stereocenters. The molecule has 284 valence electrons. The van der Waals surface area contributed by atoms with Crippen LogP contribution in [0.1, 0.15) is 104 Å². The van der Waals surface area contributed by atoms with E-state index < -0.39 is 26.8 Å². The van der Waals surface area contributed by atoms with Crippen molar-refractivity contribution in [1.29, 1.82) is 0 Å². The summed E-state index contributed by atoms with van der Waals surface area (Å²) in [6.45, 7) is 15.5. The largest absolute Gasteiger partial charge is 0.544 e. The topological polar surface area (TPSA) is 44.8 Å². The summed E-state index contributed by atoms with van der Waals surface area (Å²) >= 11 is 1.41. The maximum absolute atomic E-state index is 13.0. The second-order valence-electron chi connectivity index (χ2n) is 16.0. The van der Waals surface area contributed by atoms with E-state index in [1.165, 1.54) is 35.4 Å². The SMILES string of the molecule is CC(=O)O[C@H]1CC[C@H]2CC(c3ccc(O[Si](C)(C)C(C)(C)C)cc3)=C(c3ccc(OCCCCCSCCCC(F)(F)C(F)(F)F)cc3)C[C@@]21C. The van der Waals surface area contributed by atoms with Crippen molar-refractivity contribution in [2.75, 3.05) is 18.1 Å². The average molecular weight is 755 g/mol. The first kappa shape index (κ1) is 41.2. The van der Waals surface area contributed by atoms with Gasteiger partial charge >= 0.3 is 18.1 Å². The minimum absolute atomic E-state index is 0.102. The number of allylic oxidation sites excluding steroid dienone is 2. The maximum Gasteiger partial charge on any atom is 0.453 e. The Bertz CT molecular complexity index is 1480. The zero-order valence-electron chi connectivity index (χ0n) is 31.2. The molecule has 1 fully saturated rings. The van der Waals surface area contributed by atoms with Gasteiger partial charge in [0.25, 0.3) is 0 Å². The van der Waals surface area contributed by atoms with Crippen LogP contribution in [0.15, 0.2) is 48.5 Å². The number of carbonyl (C=O) groups excluding carboxylic acids is 1. The fourth-order valence-electron chi connectivity index (χ4n) is 6.93.